The van der Waals surface area contributed by atoms with Gasteiger partial charge in [0.15, 0.2) is 0 Å². The molecule has 1 aliphatic carbocycles. The molecule has 1 aliphatic rings. The quantitative estimate of drug-likeness (QED) is 0.721. The third-order valence-corrected chi connectivity index (χ3v) is 4.54. The molecular formula is C14H29N. The van der Waals surface area contributed by atoms with Crippen molar-refractivity contribution in [3.05, 3.63) is 0 Å². The first kappa shape index (κ1) is 13.0. The second-order valence-corrected chi connectivity index (χ2v) is 5.54. The molecule has 0 atom stereocenters. The molecule has 0 aliphatic heterocycles. The highest BCUT2D eigenvalue weighted by Crippen LogP contribution is 2.28. The normalized spacial score (nSPS) is 28.0. The summed E-state index contributed by atoms with van der Waals surface area (Å²) in [5.74, 6) is 1.01. The van der Waals surface area contributed by atoms with Gasteiger partial charge in [-0.25, -0.2) is 0 Å². The summed E-state index contributed by atoms with van der Waals surface area (Å²) in [6, 6.07) is 0.790. The van der Waals surface area contributed by atoms with Crippen LogP contribution in [0.1, 0.15) is 72.6 Å². The van der Waals surface area contributed by atoms with E-state index in [1.807, 2.05) is 0 Å². The molecule has 0 amide bonds. The smallest absolute Gasteiger partial charge is 0.0150 e. The van der Waals surface area contributed by atoms with E-state index in [2.05, 4.69) is 33.0 Å². The molecule has 0 aromatic carbocycles. The minimum absolute atomic E-state index is 0.379. The van der Waals surface area contributed by atoms with Crippen molar-refractivity contribution in [2.24, 2.45) is 5.92 Å². The third-order valence-electron chi connectivity index (χ3n) is 4.54. The van der Waals surface area contributed by atoms with E-state index < -0.39 is 0 Å². The van der Waals surface area contributed by atoms with Crippen LogP contribution in [-0.4, -0.2) is 11.6 Å². The van der Waals surface area contributed by atoms with Crippen molar-refractivity contribution in [2.45, 2.75) is 84.2 Å². The minimum Gasteiger partial charge on any atom is -0.309 e. The average molecular weight is 211 g/mol. The maximum Gasteiger partial charge on any atom is 0.0150 e. The van der Waals surface area contributed by atoms with Crippen LogP contribution in [0.3, 0.4) is 0 Å². The van der Waals surface area contributed by atoms with Gasteiger partial charge in [-0.1, -0.05) is 27.2 Å². The molecule has 1 N–H and O–H groups in total. The second-order valence-electron chi connectivity index (χ2n) is 5.54. The van der Waals surface area contributed by atoms with E-state index in [0.29, 0.717) is 5.54 Å². The van der Waals surface area contributed by atoms with E-state index >= 15 is 0 Å². The SMILES string of the molecule is CCC1CCC(NC(C)(CC)CC)CC1. The number of nitrogens with one attached hydrogen (secondary N) is 1. The van der Waals surface area contributed by atoms with Crippen molar-refractivity contribution < 1.29 is 0 Å². The first-order valence-corrected chi connectivity index (χ1v) is 6.91. The van der Waals surface area contributed by atoms with Gasteiger partial charge in [-0.2, -0.15) is 0 Å². The second kappa shape index (κ2) is 5.89. The third kappa shape index (κ3) is 3.79. The molecule has 0 heterocycles. The fraction of sp³-hybridized carbons (Fsp3) is 1.00. The summed E-state index contributed by atoms with van der Waals surface area (Å²) >= 11 is 0. The van der Waals surface area contributed by atoms with Crippen molar-refractivity contribution in [1.82, 2.24) is 5.32 Å². The van der Waals surface area contributed by atoms with E-state index in [9.17, 15) is 0 Å². The fourth-order valence-electron chi connectivity index (χ4n) is 2.66. The Bertz CT molecular complexity index is 164. The first-order valence-electron chi connectivity index (χ1n) is 6.91. The van der Waals surface area contributed by atoms with Gasteiger partial charge in [0.1, 0.15) is 0 Å². The van der Waals surface area contributed by atoms with Crippen molar-refractivity contribution in [2.75, 3.05) is 0 Å². The van der Waals surface area contributed by atoms with Crippen LogP contribution in [0.5, 0.6) is 0 Å². The van der Waals surface area contributed by atoms with Crippen LogP contribution in [-0.2, 0) is 0 Å². The lowest BCUT2D eigenvalue weighted by Gasteiger charge is -2.37. The Balaban J connectivity index is 2.34. The molecule has 0 radical (unpaired) electrons. The lowest BCUT2D eigenvalue weighted by molar-refractivity contribution is 0.219. The van der Waals surface area contributed by atoms with E-state index in [4.69, 9.17) is 0 Å². The van der Waals surface area contributed by atoms with E-state index in [0.717, 1.165) is 12.0 Å². The van der Waals surface area contributed by atoms with Crippen molar-refractivity contribution in [3.63, 3.8) is 0 Å². The van der Waals surface area contributed by atoms with Crippen LogP contribution < -0.4 is 5.32 Å². The van der Waals surface area contributed by atoms with Gasteiger partial charge in [0.25, 0.3) is 0 Å². The molecule has 0 unspecified atom stereocenters. The van der Waals surface area contributed by atoms with E-state index in [1.54, 1.807) is 0 Å². The Hall–Kier alpha value is -0.0400. The Labute approximate surface area is 96.0 Å². The summed E-state index contributed by atoms with van der Waals surface area (Å²) in [6.45, 7) is 9.31. The van der Waals surface area contributed by atoms with Crippen LogP contribution in [0.15, 0.2) is 0 Å². The Kier molecular flexibility index (Phi) is 5.11. The molecule has 0 saturated heterocycles. The zero-order chi connectivity index (χ0) is 11.3. The number of rotatable bonds is 5. The standard InChI is InChI=1S/C14H29N/c1-5-12-8-10-13(11-9-12)15-14(4,6-2)7-3/h12-13,15H,5-11H2,1-4H3. The minimum atomic E-state index is 0.379. The summed E-state index contributed by atoms with van der Waals surface area (Å²) in [5, 5.41) is 3.88. The van der Waals surface area contributed by atoms with Crippen LogP contribution in [0.4, 0.5) is 0 Å². The molecular weight excluding hydrogens is 182 g/mol. The van der Waals surface area contributed by atoms with Gasteiger partial charge in [-0.15, -0.1) is 0 Å². The summed E-state index contributed by atoms with van der Waals surface area (Å²) in [5.41, 5.74) is 0.379. The summed E-state index contributed by atoms with van der Waals surface area (Å²) in [4.78, 5) is 0. The molecule has 1 heteroatoms. The lowest BCUT2D eigenvalue weighted by atomic mass is 9.83. The van der Waals surface area contributed by atoms with Gasteiger partial charge in [0.2, 0.25) is 0 Å². The predicted octanol–water partition coefficient (Wildman–Crippen LogP) is 4.12. The molecule has 1 fully saturated rings. The Morgan fingerprint density at radius 2 is 1.53 bits per heavy atom. The van der Waals surface area contributed by atoms with Crippen molar-refractivity contribution >= 4 is 0 Å². The molecule has 0 aromatic heterocycles. The highest BCUT2D eigenvalue weighted by molar-refractivity contribution is 4.86. The van der Waals surface area contributed by atoms with Crippen LogP contribution in [0.25, 0.3) is 0 Å². The van der Waals surface area contributed by atoms with Crippen LogP contribution in [0.2, 0.25) is 0 Å². The fourth-order valence-corrected chi connectivity index (χ4v) is 2.66. The van der Waals surface area contributed by atoms with Gasteiger partial charge in [-0.3, -0.25) is 0 Å². The zero-order valence-corrected chi connectivity index (χ0v) is 11.1. The molecule has 90 valence electrons. The van der Waals surface area contributed by atoms with Gasteiger partial charge < -0.3 is 5.32 Å². The summed E-state index contributed by atoms with van der Waals surface area (Å²) in [7, 11) is 0. The van der Waals surface area contributed by atoms with E-state index in [-0.39, 0.29) is 0 Å². The summed E-state index contributed by atoms with van der Waals surface area (Å²) in [6.07, 6.45) is 9.55. The van der Waals surface area contributed by atoms with Gasteiger partial charge in [0, 0.05) is 11.6 Å². The molecule has 1 nitrogen and oxygen atoms in total. The number of hydrogen-bond acceptors (Lipinski definition) is 1. The molecule has 1 saturated carbocycles. The van der Waals surface area contributed by atoms with Crippen LogP contribution in [0, 0.1) is 5.92 Å². The number of hydrogen-bond donors (Lipinski definition) is 1. The van der Waals surface area contributed by atoms with Crippen LogP contribution >= 0.6 is 0 Å². The van der Waals surface area contributed by atoms with E-state index in [1.165, 1.54) is 44.9 Å². The van der Waals surface area contributed by atoms with Gasteiger partial charge in [0.05, 0.1) is 0 Å². The summed E-state index contributed by atoms with van der Waals surface area (Å²) < 4.78 is 0. The molecule has 0 spiro atoms. The molecule has 0 bridgehead atoms. The highest BCUT2D eigenvalue weighted by atomic mass is 15.0. The highest BCUT2D eigenvalue weighted by Gasteiger charge is 2.26. The largest absolute Gasteiger partial charge is 0.309 e. The Morgan fingerprint density at radius 1 is 1.00 bits per heavy atom. The Morgan fingerprint density at radius 3 is 1.93 bits per heavy atom. The lowest BCUT2D eigenvalue weighted by Crippen LogP contribution is -2.48. The van der Waals surface area contributed by atoms with Crippen molar-refractivity contribution in [1.29, 1.82) is 0 Å². The topological polar surface area (TPSA) is 12.0 Å². The average Bonchev–Trinajstić information content (AvgIpc) is 2.30. The maximum atomic E-state index is 3.88. The van der Waals surface area contributed by atoms with Gasteiger partial charge in [-0.05, 0) is 51.4 Å². The molecule has 1 rings (SSSR count). The first-order chi connectivity index (χ1) is 7.13. The maximum absolute atomic E-state index is 3.88. The van der Waals surface area contributed by atoms with Gasteiger partial charge >= 0.3 is 0 Å². The molecule has 0 aromatic rings. The molecule has 15 heavy (non-hydrogen) atoms. The van der Waals surface area contributed by atoms with Crippen molar-refractivity contribution in [3.8, 4) is 0 Å². The predicted molar refractivity (Wildman–Crippen MR) is 68.2 cm³/mol. The monoisotopic (exact) mass is 211 g/mol. The zero-order valence-electron chi connectivity index (χ0n) is 11.1.